The Labute approximate surface area is 199 Å². The molecule has 1 unspecified atom stereocenters. The fourth-order valence-corrected chi connectivity index (χ4v) is 5.67. The van der Waals surface area contributed by atoms with Crippen LogP contribution in [0.1, 0.15) is 53.2 Å². The Bertz CT molecular complexity index is 1100. The molecule has 0 saturated carbocycles. The van der Waals surface area contributed by atoms with Crippen LogP contribution < -0.4 is 5.32 Å². The molecule has 1 aliphatic rings. The fraction of sp³-hybridized carbons (Fsp3) is 0.423. The summed E-state index contributed by atoms with van der Waals surface area (Å²) in [7, 11) is 0. The Morgan fingerprint density at radius 3 is 2.50 bits per heavy atom. The van der Waals surface area contributed by atoms with Gasteiger partial charge in [0.2, 0.25) is 0 Å². The van der Waals surface area contributed by atoms with Gasteiger partial charge < -0.3 is 10.1 Å². The van der Waals surface area contributed by atoms with Crippen molar-refractivity contribution >= 4 is 38.9 Å². The standard InChI is InChI=1S/C26H31ClN2O2S/c1-17-5-10-20-22(15-17)32-24(23(20)27)25(30)28-16-21(29-11-13-31-14-12-29)18-6-8-19(9-7-18)26(2,3)4/h5-10,15,21H,11-14,16H2,1-4H3,(H,28,30). The second-order valence-electron chi connectivity index (χ2n) is 9.49. The van der Waals surface area contributed by atoms with Gasteiger partial charge in [-0.15, -0.1) is 11.3 Å². The number of aryl methyl sites for hydroxylation is 1. The Balaban J connectivity index is 1.55. The van der Waals surface area contributed by atoms with Crippen LogP contribution in [0, 0.1) is 6.92 Å². The molecule has 1 fully saturated rings. The first-order valence-corrected chi connectivity index (χ1v) is 12.3. The largest absolute Gasteiger partial charge is 0.379 e. The molecule has 0 bridgehead atoms. The first kappa shape index (κ1) is 23.2. The van der Waals surface area contributed by atoms with Crippen LogP contribution in [0.4, 0.5) is 0 Å². The Kier molecular flexibility index (Phi) is 6.91. The van der Waals surface area contributed by atoms with Crippen molar-refractivity contribution in [1.29, 1.82) is 0 Å². The lowest BCUT2D eigenvalue weighted by Gasteiger charge is -2.35. The number of nitrogens with zero attached hydrogens (tertiary/aromatic N) is 1. The van der Waals surface area contributed by atoms with E-state index in [0.29, 0.717) is 29.7 Å². The van der Waals surface area contributed by atoms with Crippen LogP contribution in [0.3, 0.4) is 0 Å². The van der Waals surface area contributed by atoms with Crippen molar-refractivity contribution in [2.45, 2.75) is 39.2 Å². The highest BCUT2D eigenvalue weighted by Crippen LogP contribution is 2.36. The molecule has 32 heavy (non-hydrogen) atoms. The third-order valence-corrected chi connectivity index (χ3v) is 7.75. The zero-order valence-electron chi connectivity index (χ0n) is 19.2. The molecular weight excluding hydrogens is 440 g/mol. The van der Waals surface area contributed by atoms with E-state index >= 15 is 0 Å². The third kappa shape index (κ3) is 5.01. The van der Waals surface area contributed by atoms with E-state index in [9.17, 15) is 4.79 Å². The van der Waals surface area contributed by atoms with Crippen molar-refractivity contribution in [2.24, 2.45) is 0 Å². The average molecular weight is 471 g/mol. The number of hydrogen-bond donors (Lipinski definition) is 1. The monoisotopic (exact) mass is 470 g/mol. The predicted octanol–water partition coefficient (Wildman–Crippen LogP) is 5.96. The van der Waals surface area contributed by atoms with E-state index in [1.54, 1.807) is 0 Å². The number of amides is 1. The topological polar surface area (TPSA) is 41.6 Å². The molecule has 2 aromatic carbocycles. The Morgan fingerprint density at radius 2 is 1.84 bits per heavy atom. The summed E-state index contributed by atoms with van der Waals surface area (Å²) in [6, 6.07) is 15.0. The summed E-state index contributed by atoms with van der Waals surface area (Å²) in [5.74, 6) is -0.113. The molecule has 1 N–H and O–H groups in total. The van der Waals surface area contributed by atoms with Crippen molar-refractivity contribution in [3.05, 3.63) is 69.1 Å². The van der Waals surface area contributed by atoms with Crippen LogP contribution in [0.25, 0.3) is 10.1 Å². The molecule has 6 heteroatoms. The van der Waals surface area contributed by atoms with Crippen LogP contribution in [0.2, 0.25) is 5.02 Å². The lowest BCUT2D eigenvalue weighted by Crippen LogP contribution is -2.43. The van der Waals surface area contributed by atoms with Crippen LogP contribution in [-0.4, -0.2) is 43.7 Å². The van der Waals surface area contributed by atoms with Gasteiger partial charge in [-0.3, -0.25) is 9.69 Å². The second-order valence-corrected chi connectivity index (χ2v) is 10.9. The maximum atomic E-state index is 13.1. The summed E-state index contributed by atoms with van der Waals surface area (Å²) in [5.41, 5.74) is 3.78. The summed E-state index contributed by atoms with van der Waals surface area (Å²) in [6.45, 7) is 12.4. The molecule has 1 aliphatic heterocycles. The lowest BCUT2D eigenvalue weighted by atomic mass is 9.86. The molecular formula is C26H31ClN2O2S. The number of ether oxygens (including phenoxy) is 1. The van der Waals surface area contributed by atoms with Gasteiger partial charge in [-0.1, -0.05) is 68.8 Å². The maximum Gasteiger partial charge on any atom is 0.262 e. The predicted molar refractivity (Wildman–Crippen MR) is 134 cm³/mol. The summed E-state index contributed by atoms with van der Waals surface area (Å²) < 4.78 is 6.60. The van der Waals surface area contributed by atoms with Gasteiger partial charge in [-0.2, -0.15) is 0 Å². The number of rotatable bonds is 5. The number of thiophene rings is 1. The normalized spacial score (nSPS) is 16.3. The summed E-state index contributed by atoms with van der Waals surface area (Å²) in [6.07, 6.45) is 0. The highest BCUT2D eigenvalue weighted by atomic mass is 35.5. The fourth-order valence-electron chi connectivity index (χ4n) is 4.14. The van der Waals surface area contributed by atoms with E-state index in [0.717, 1.165) is 28.7 Å². The highest BCUT2D eigenvalue weighted by molar-refractivity contribution is 7.21. The number of benzene rings is 2. The van der Waals surface area contributed by atoms with Crippen LogP contribution in [-0.2, 0) is 10.2 Å². The van der Waals surface area contributed by atoms with E-state index in [1.807, 2.05) is 19.1 Å². The van der Waals surface area contributed by atoms with Crippen molar-refractivity contribution in [1.82, 2.24) is 10.2 Å². The van der Waals surface area contributed by atoms with E-state index in [1.165, 1.54) is 22.5 Å². The minimum Gasteiger partial charge on any atom is -0.379 e. The quantitative estimate of drug-likeness (QED) is 0.500. The summed E-state index contributed by atoms with van der Waals surface area (Å²) in [4.78, 5) is 16.1. The van der Waals surface area contributed by atoms with Gasteiger partial charge in [-0.25, -0.2) is 0 Å². The average Bonchev–Trinajstić information content (AvgIpc) is 3.10. The minimum absolute atomic E-state index is 0.0901. The molecule has 1 aromatic heterocycles. The first-order chi connectivity index (χ1) is 15.2. The van der Waals surface area contributed by atoms with E-state index < -0.39 is 0 Å². The number of morpholine rings is 1. The zero-order valence-corrected chi connectivity index (χ0v) is 20.8. The molecule has 0 aliphatic carbocycles. The molecule has 1 amide bonds. The molecule has 1 atom stereocenters. The van der Waals surface area contributed by atoms with Crippen molar-refractivity contribution in [2.75, 3.05) is 32.8 Å². The number of halogens is 1. The molecule has 3 aromatic rings. The highest BCUT2D eigenvalue weighted by Gasteiger charge is 2.25. The SMILES string of the molecule is Cc1ccc2c(Cl)c(C(=O)NCC(c3ccc(C(C)(C)C)cc3)N3CCOCC3)sc2c1. The van der Waals surface area contributed by atoms with E-state index in [2.05, 4.69) is 61.3 Å². The number of fused-ring (bicyclic) bond motifs is 1. The molecule has 0 radical (unpaired) electrons. The number of carbonyl (C=O) groups excluding carboxylic acids is 1. The number of hydrogen-bond acceptors (Lipinski definition) is 4. The van der Waals surface area contributed by atoms with Crippen molar-refractivity contribution in [3.63, 3.8) is 0 Å². The van der Waals surface area contributed by atoms with Crippen LogP contribution in [0.5, 0.6) is 0 Å². The summed E-state index contributed by atoms with van der Waals surface area (Å²) >= 11 is 8.02. The molecule has 0 spiro atoms. The Hall–Kier alpha value is -1.92. The van der Waals surface area contributed by atoms with Crippen molar-refractivity contribution < 1.29 is 9.53 Å². The number of nitrogens with one attached hydrogen (secondary N) is 1. The van der Waals surface area contributed by atoms with E-state index in [4.69, 9.17) is 16.3 Å². The molecule has 170 valence electrons. The van der Waals surface area contributed by atoms with Crippen LogP contribution in [0.15, 0.2) is 42.5 Å². The van der Waals surface area contributed by atoms with Gasteiger partial charge in [0.05, 0.1) is 24.3 Å². The molecule has 4 rings (SSSR count). The zero-order chi connectivity index (χ0) is 22.9. The third-order valence-electron chi connectivity index (χ3n) is 6.10. The minimum atomic E-state index is -0.113. The van der Waals surface area contributed by atoms with Gasteiger partial charge in [0, 0.05) is 29.7 Å². The van der Waals surface area contributed by atoms with Crippen LogP contribution >= 0.6 is 22.9 Å². The van der Waals surface area contributed by atoms with Gasteiger partial charge >= 0.3 is 0 Å². The molecule has 4 nitrogen and oxygen atoms in total. The van der Waals surface area contributed by atoms with Crippen molar-refractivity contribution in [3.8, 4) is 0 Å². The Morgan fingerprint density at radius 1 is 1.16 bits per heavy atom. The molecule has 1 saturated heterocycles. The smallest absolute Gasteiger partial charge is 0.262 e. The first-order valence-electron chi connectivity index (χ1n) is 11.1. The maximum absolute atomic E-state index is 13.1. The van der Waals surface area contributed by atoms with E-state index in [-0.39, 0.29) is 17.4 Å². The van der Waals surface area contributed by atoms with Gasteiger partial charge in [0.15, 0.2) is 0 Å². The summed E-state index contributed by atoms with van der Waals surface area (Å²) in [5, 5.41) is 4.64. The number of carbonyl (C=O) groups is 1. The second kappa shape index (κ2) is 9.52. The molecule has 2 heterocycles. The van der Waals surface area contributed by atoms with Gasteiger partial charge in [-0.05, 0) is 35.1 Å². The van der Waals surface area contributed by atoms with Gasteiger partial charge in [0.1, 0.15) is 4.88 Å². The van der Waals surface area contributed by atoms with Gasteiger partial charge in [0.25, 0.3) is 5.91 Å². The lowest BCUT2D eigenvalue weighted by molar-refractivity contribution is 0.0162.